The average molecular weight is 246 g/mol. The van der Waals surface area contributed by atoms with Gasteiger partial charge in [-0.1, -0.05) is 0 Å². The number of rotatable bonds is 2. The molecule has 4 rings (SSSR count). The Morgan fingerprint density at radius 3 is 2.78 bits per heavy atom. The van der Waals surface area contributed by atoms with Crippen LogP contribution in [0.1, 0.15) is 42.9 Å². The first-order chi connectivity index (χ1) is 8.78. The maximum absolute atomic E-state index is 6.34. The molecule has 18 heavy (non-hydrogen) atoms. The lowest BCUT2D eigenvalue weighted by Crippen LogP contribution is -2.26. The van der Waals surface area contributed by atoms with E-state index in [2.05, 4.69) is 12.1 Å². The van der Waals surface area contributed by atoms with E-state index in [1.807, 2.05) is 0 Å². The summed E-state index contributed by atoms with van der Waals surface area (Å²) in [5.41, 5.74) is 2.68. The van der Waals surface area contributed by atoms with Gasteiger partial charge in [0, 0.05) is 0 Å². The van der Waals surface area contributed by atoms with Crippen LogP contribution in [0.3, 0.4) is 0 Å². The zero-order valence-corrected chi connectivity index (χ0v) is 10.9. The number of fused-ring (bicyclic) bond motifs is 3. The third kappa shape index (κ3) is 1.09. The Bertz CT molecular complexity index is 511. The molecule has 0 N–H and O–H groups in total. The van der Waals surface area contributed by atoms with E-state index in [0.717, 1.165) is 17.9 Å². The Labute approximate surface area is 107 Å². The van der Waals surface area contributed by atoms with Crippen LogP contribution >= 0.6 is 0 Å². The minimum Gasteiger partial charge on any atom is -0.493 e. The van der Waals surface area contributed by atoms with Crippen molar-refractivity contribution < 1.29 is 14.2 Å². The average Bonchev–Trinajstić information content (AvgIpc) is 3.03. The highest BCUT2D eigenvalue weighted by Crippen LogP contribution is 2.65. The van der Waals surface area contributed by atoms with Crippen LogP contribution < -0.4 is 9.47 Å². The number of hydrogen-bond donors (Lipinski definition) is 0. The van der Waals surface area contributed by atoms with Gasteiger partial charge in [-0.2, -0.15) is 0 Å². The molecule has 1 aliphatic carbocycles. The first kappa shape index (κ1) is 10.7. The maximum Gasteiger partial charge on any atom is 0.161 e. The van der Waals surface area contributed by atoms with E-state index >= 15 is 0 Å². The lowest BCUT2D eigenvalue weighted by molar-refractivity contribution is -0.0304. The fraction of sp³-hybridized carbons (Fsp3) is 0.600. The molecule has 3 aliphatic rings. The molecule has 1 spiro atoms. The Kier molecular flexibility index (Phi) is 2.03. The Balaban J connectivity index is 1.91. The number of hydrogen-bond acceptors (Lipinski definition) is 3. The molecule has 1 saturated heterocycles. The molecule has 0 amide bonds. The second kappa shape index (κ2) is 3.41. The van der Waals surface area contributed by atoms with Crippen molar-refractivity contribution in [2.45, 2.75) is 37.4 Å². The minimum atomic E-state index is -0.000445. The summed E-state index contributed by atoms with van der Waals surface area (Å²) >= 11 is 0. The van der Waals surface area contributed by atoms with E-state index in [0.29, 0.717) is 5.92 Å². The second-order valence-electron chi connectivity index (χ2n) is 5.62. The highest BCUT2D eigenvalue weighted by molar-refractivity contribution is 5.54. The Morgan fingerprint density at radius 1 is 1.22 bits per heavy atom. The molecule has 1 aromatic rings. The van der Waals surface area contributed by atoms with Crippen molar-refractivity contribution in [2.75, 3.05) is 14.2 Å². The summed E-state index contributed by atoms with van der Waals surface area (Å²) in [6.07, 6.45) is 5.22. The molecule has 0 unspecified atom stereocenters. The standard InChI is InChI=1S/C15H18O3/c1-16-13-7-10-11(8-14(13)17-2)15-5-3-4-9(15)6-12(10)18-15/h7-9,12H,3-6H2,1-2H3/t9-,12+,15-/m1/s1. The Morgan fingerprint density at radius 2 is 2.00 bits per heavy atom. The van der Waals surface area contributed by atoms with Gasteiger partial charge in [0.2, 0.25) is 0 Å². The largest absolute Gasteiger partial charge is 0.493 e. The van der Waals surface area contributed by atoms with Gasteiger partial charge in [-0.05, 0) is 54.9 Å². The lowest BCUT2D eigenvalue weighted by Gasteiger charge is -2.28. The van der Waals surface area contributed by atoms with E-state index in [1.54, 1.807) is 14.2 Å². The molecular formula is C15H18O3. The highest BCUT2D eigenvalue weighted by Gasteiger charge is 2.59. The predicted octanol–water partition coefficient (Wildman–Crippen LogP) is 3.17. The summed E-state index contributed by atoms with van der Waals surface area (Å²) in [5.74, 6) is 2.36. The summed E-state index contributed by atoms with van der Waals surface area (Å²) in [6.45, 7) is 0. The van der Waals surface area contributed by atoms with Crippen LogP contribution in [0, 0.1) is 5.92 Å². The minimum absolute atomic E-state index is 0.000445. The normalized spacial score (nSPS) is 35.4. The van der Waals surface area contributed by atoms with Crippen LogP contribution in [0.25, 0.3) is 0 Å². The van der Waals surface area contributed by atoms with Crippen LogP contribution in [0.5, 0.6) is 11.5 Å². The van der Waals surface area contributed by atoms with Crippen LogP contribution in [0.15, 0.2) is 12.1 Å². The van der Waals surface area contributed by atoms with E-state index < -0.39 is 0 Å². The molecule has 0 aromatic heterocycles. The molecule has 3 nitrogen and oxygen atoms in total. The van der Waals surface area contributed by atoms with Gasteiger partial charge in [-0.15, -0.1) is 0 Å². The van der Waals surface area contributed by atoms with Gasteiger partial charge >= 0.3 is 0 Å². The fourth-order valence-corrected chi connectivity index (χ4v) is 4.21. The second-order valence-corrected chi connectivity index (χ2v) is 5.62. The monoisotopic (exact) mass is 246 g/mol. The quantitative estimate of drug-likeness (QED) is 0.802. The molecule has 1 saturated carbocycles. The van der Waals surface area contributed by atoms with Crippen LogP contribution in [-0.2, 0) is 10.3 Å². The van der Waals surface area contributed by atoms with Crippen molar-refractivity contribution in [3.8, 4) is 11.5 Å². The molecule has 2 aliphatic heterocycles. The summed E-state index contributed by atoms with van der Waals surface area (Å²) in [5, 5.41) is 0. The van der Waals surface area contributed by atoms with E-state index in [9.17, 15) is 0 Å². The van der Waals surface area contributed by atoms with Gasteiger partial charge in [-0.3, -0.25) is 0 Å². The molecule has 96 valence electrons. The Hall–Kier alpha value is -1.22. The molecule has 3 heteroatoms. The van der Waals surface area contributed by atoms with Crippen LogP contribution in [-0.4, -0.2) is 14.2 Å². The maximum atomic E-state index is 6.34. The SMILES string of the molecule is COc1cc2c(cc1OC)[C@@]13CCC[C@@H]1C[C@@H]2O3. The topological polar surface area (TPSA) is 27.7 Å². The van der Waals surface area contributed by atoms with E-state index in [4.69, 9.17) is 14.2 Å². The summed E-state index contributed by atoms with van der Waals surface area (Å²) in [6, 6.07) is 4.26. The zero-order valence-electron chi connectivity index (χ0n) is 10.9. The van der Waals surface area contributed by atoms with Crippen LogP contribution in [0.4, 0.5) is 0 Å². The summed E-state index contributed by atoms with van der Waals surface area (Å²) in [4.78, 5) is 0. The van der Waals surface area contributed by atoms with Gasteiger partial charge in [0.15, 0.2) is 11.5 Å². The lowest BCUT2D eigenvalue weighted by atomic mass is 9.76. The van der Waals surface area contributed by atoms with Crippen molar-refractivity contribution in [1.29, 1.82) is 0 Å². The molecular weight excluding hydrogens is 228 g/mol. The van der Waals surface area contributed by atoms with Crippen molar-refractivity contribution in [3.63, 3.8) is 0 Å². The van der Waals surface area contributed by atoms with Gasteiger partial charge in [0.1, 0.15) is 0 Å². The number of benzene rings is 1. The van der Waals surface area contributed by atoms with Gasteiger partial charge < -0.3 is 14.2 Å². The van der Waals surface area contributed by atoms with Crippen molar-refractivity contribution >= 4 is 0 Å². The van der Waals surface area contributed by atoms with E-state index in [1.165, 1.54) is 30.4 Å². The fourth-order valence-electron chi connectivity index (χ4n) is 4.21. The third-order valence-corrected chi connectivity index (χ3v) is 4.97. The molecule has 2 heterocycles. The highest BCUT2D eigenvalue weighted by atomic mass is 16.5. The first-order valence-electron chi connectivity index (χ1n) is 6.72. The zero-order chi connectivity index (χ0) is 12.3. The van der Waals surface area contributed by atoms with E-state index in [-0.39, 0.29) is 11.7 Å². The van der Waals surface area contributed by atoms with Crippen LogP contribution in [0.2, 0.25) is 0 Å². The number of ether oxygens (including phenoxy) is 3. The predicted molar refractivity (Wildman–Crippen MR) is 67.0 cm³/mol. The van der Waals surface area contributed by atoms with Crippen molar-refractivity contribution in [3.05, 3.63) is 23.3 Å². The van der Waals surface area contributed by atoms with Gasteiger partial charge in [-0.25, -0.2) is 0 Å². The van der Waals surface area contributed by atoms with Crippen molar-refractivity contribution in [2.24, 2.45) is 5.92 Å². The summed E-state index contributed by atoms with van der Waals surface area (Å²) in [7, 11) is 3.39. The molecule has 2 bridgehead atoms. The third-order valence-electron chi connectivity index (χ3n) is 4.97. The molecule has 3 atom stereocenters. The van der Waals surface area contributed by atoms with Crippen molar-refractivity contribution in [1.82, 2.24) is 0 Å². The molecule has 0 radical (unpaired) electrons. The van der Waals surface area contributed by atoms with Gasteiger partial charge in [0.25, 0.3) is 0 Å². The summed E-state index contributed by atoms with van der Waals surface area (Å²) < 4.78 is 17.2. The number of methoxy groups -OCH3 is 2. The first-order valence-corrected chi connectivity index (χ1v) is 6.72. The molecule has 1 aromatic carbocycles. The molecule has 2 fully saturated rings. The van der Waals surface area contributed by atoms with Gasteiger partial charge in [0.05, 0.1) is 25.9 Å². The smallest absolute Gasteiger partial charge is 0.161 e.